The number of nitrogens with one attached hydrogen (secondary N) is 4. The number of carbonyl (C=O) groups is 4. The Morgan fingerprint density at radius 2 is 1.67 bits per heavy atom. The molecule has 0 bridgehead atoms. The van der Waals surface area contributed by atoms with Gasteiger partial charge in [-0.05, 0) is 74.5 Å². The van der Waals surface area contributed by atoms with Gasteiger partial charge in [-0.3, -0.25) is 24.2 Å². The minimum Gasteiger partial charge on any atom is -0.354 e. The van der Waals surface area contributed by atoms with Crippen LogP contribution in [0.5, 0.6) is 0 Å². The van der Waals surface area contributed by atoms with E-state index in [2.05, 4.69) is 26.3 Å². The molecule has 1 aliphatic heterocycles. The Morgan fingerprint density at radius 3 is 2.36 bits per heavy atom. The number of amides is 3. The molecule has 2 heterocycles. The lowest BCUT2D eigenvalue weighted by Gasteiger charge is -2.21. The van der Waals surface area contributed by atoms with E-state index in [-0.39, 0.29) is 30.7 Å². The maximum Gasteiger partial charge on any atom is 0.313 e. The van der Waals surface area contributed by atoms with Crippen molar-refractivity contribution in [1.29, 1.82) is 0 Å². The number of rotatable bonds is 8. The minimum absolute atomic E-state index is 0.00870. The monoisotopic (exact) mass is 449 g/mol. The van der Waals surface area contributed by atoms with E-state index in [9.17, 15) is 19.2 Å². The summed E-state index contributed by atoms with van der Waals surface area (Å²) in [6.07, 6.45) is 6.28. The zero-order valence-corrected chi connectivity index (χ0v) is 18.2. The number of carbonyl (C=O) groups excluding carboxylic acids is 4. The van der Waals surface area contributed by atoms with E-state index < -0.39 is 11.8 Å². The summed E-state index contributed by atoms with van der Waals surface area (Å²) in [5.74, 6) is -1.87. The predicted octanol–water partition coefficient (Wildman–Crippen LogP) is 1.15. The highest BCUT2D eigenvalue weighted by atomic mass is 16.2. The molecule has 0 unspecified atom stereocenters. The molecule has 33 heavy (non-hydrogen) atoms. The number of aromatic nitrogens is 1. The Kier molecular flexibility index (Phi) is 8.84. The second-order valence-corrected chi connectivity index (χ2v) is 7.55. The van der Waals surface area contributed by atoms with Gasteiger partial charge in [-0.2, -0.15) is 0 Å². The average molecular weight is 450 g/mol. The number of nitrogens with zero attached hydrogens (tertiary/aromatic N) is 1. The molecule has 1 aromatic carbocycles. The number of pyridine rings is 1. The highest BCUT2D eigenvalue weighted by Gasteiger charge is 2.20. The van der Waals surface area contributed by atoms with Gasteiger partial charge in [-0.1, -0.05) is 6.07 Å². The van der Waals surface area contributed by atoms with Crippen LogP contribution in [0.2, 0.25) is 0 Å². The number of ketones is 1. The molecular weight excluding hydrogens is 422 g/mol. The van der Waals surface area contributed by atoms with Crippen molar-refractivity contribution in [2.45, 2.75) is 12.8 Å². The second-order valence-electron chi connectivity index (χ2n) is 7.55. The van der Waals surface area contributed by atoms with Crippen LogP contribution < -0.4 is 21.3 Å². The molecule has 4 N–H and O–H groups in total. The van der Waals surface area contributed by atoms with Crippen LogP contribution in [0.1, 0.15) is 28.9 Å². The van der Waals surface area contributed by atoms with Gasteiger partial charge in [0, 0.05) is 36.5 Å². The van der Waals surface area contributed by atoms with Crippen molar-refractivity contribution in [1.82, 2.24) is 20.9 Å². The standard InChI is InChI=1S/C24H27N5O4/c30-21(9-8-19-3-1-2-12-26-19)17-4-6-20(7-5-17)29-24(33)23(32)28-16-15-27-22(31)18-10-13-25-14-11-18/h1-9,12,18,25H,10-11,13-16H2,(H,27,31)(H,28,32)(H,29,33)/b9-8+. The third kappa shape index (κ3) is 7.65. The summed E-state index contributed by atoms with van der Waals surface area (Å²) in [7, 11) is 0. The van der Waals surface area contributed by atoms with Crippen LogP contribution in [0, 0.1) is 5.92 Å². The summed E-state index contributed by atoms with van der Waals surface area (Å²) in [6, 6.07) is 11.6. The first-order chi connectivity index (χ1) is 16.0. The summed E-state index contributed by atoms with van der Waals surface area (Å²) < 4.78 is 0. The molecule has 0 spiro atoms. The van der Waals surface area contributed by atoms with E-state index in [0.29, 0.717) is 16.9 Å². The van der Waals surface area contributed by atoms with E-state index >= 15 is 0 Å². The van der Waals surface area contributed by atoms with Gasteiger partial charge < -0.3 is 21.3 Å². The molecule has 0 radical (unpaired) electrons. The average Bonchev–Trinajstić information content (AvgIpc) is 2.86. The van der Waals surface area contributed by atoms with E-state index in [0.717, 1.165) is 25.9 Å². The lowest BCUT2D eigenvalue weighted by Crippen LogP contribution is -2.43. The zero-order chi connectivity index (χ0) is 23.5. The topological polar surface area (TPSA) is 129 Å². The second kappa shape index (κ2) is 12.3. The molecule has 3 amide bonds. The molecule has 9 nitrogen and oxygen atoms in total. The van der Waals surface area contributed by atoms with Gasteiger partial charge in [-0.25, -0.2) is 0 Å². The first-order valence-electron chi connectivity index (χ1n) is 10.8. The van der Waals surface area contributed by atoms with Gasteiger partial charge in [0.15, 0.2) is 5.78 Å². The van der Waals surface area contributed by atoms with Crippen LogP contribution in [0.3, 0.4) is 0 Å². The van der Waals surface area contributed by atoms with Crippen molar-refractivity contribution >= 4 is 35.3 Å². The van der Waals surface area contributed by atoms with Crippen molar-refractivity contribution in [2.24, 2.45) is 5.92 Å². The van der Waals surface area contributed by atoms with Crippen LogP contribution in [-0.4, -0.2) is 54.7 Å². The molecule has 0 saturated carbocycles. The summed E-state index contributed by atoms with van der Waals surface area (Å²) in [5, 5.41) is 10.9. The molecule has 0 atom stereocenters. The molecule has 3 rings (SSSR count). The predicted molar refractivity (Wildman–Crippen MR) is 124 cm³/mol. The minimum atomic E-state index is -0.825. The number of allylic oxidation sites excluding steroid dienone is 1. The maximum atomic E-state index is 12.3. The fraction of sp³-hybridized carbons (Fsp3) is 0.292. The van der Waals surface area contributed by atoms with Crippen LogP contribution in [0.15, 0.2) is 54.7 Å². The van der Waals surface area contributed by atoms with Crippen molar-refractivity contribution in [2.75, 3.05) is 31.5 Å². The van der Waals surface area contributed by atoms with Gasteiger partial charge in [0.25, 0.3) is 0 Å². The quantitative estimate of drug-likeness (QED) is 0.207. The van der Waals surface area contributed by atoms with E-state index in [1.54, 1.807) is 48.7 Å². The number of benzene rings is 1. The largest absolute Gasteiger partial charge is 0.354 e. The normalized spacial score (nSPS) is 13.9. The molecule has 1 aliphatic rings. The Morgan fingerprint density at radius 1 is 0.939 bits per heavy atom. The molecular formula is C24H27N5O4. The van der Waals surface area contributed by atoms with E-state index in [1.807, 2.05) is 6.07 Å². The molecule has 1 saturated heterocycles. The van der Waals surface area contributed by atoms with Crippen LogP contribution >= 0.6 is 0 Å². The highest BCUT2D eigenvalue weighted by Crippen LogP contribution is 2.12. The molecule has 9 heteroatoms. The number of piperidine rings is 1. The smallest absolute Gasteiger partial charge is 0.313 e. The summed E-state index contributed by atoms with van der Waals surface area (Å²) in [6.45, 7) is 2.06. The van der Waals surface area contributed by atoms with Crippen molar-refractivity contribution in [3.05, 3.63) is 66.0 Å². The first-order valence-corrected chi connectivity index (χ1v) is 10.8. The molecule has 1 fully saturated rings. The van der Waals surface area contributed by atoms with Gasteiger partial charge in [0.1, 0.15) is 0 Å². The van der Waals surface area contributed by atoms with Gasteiger partial charge in [-0.15, -0.1) is 0 Å². The Labute approximate surface area is 192 Å². The van der Waals surface area contributed by atoms with Gasteiger partial charge in [0.05, 0.1) is 5.69 Å². The molecule has 172 valence electrons. The SMILES string of the molecule is O=C(NCCNC(=O)C1CCNCC1)C(=O)Nc1ccc(C(=O)/C=C/c2ccccn2)cc1. The zero-order valence-electron chi connectivity index (χ0n) is 18.2. The van der Waals surface area contributed by atoms with E-state index in [1.165, 1.54) is 6.08 Å². The van der Waals surface area contributed by atoms with Crippen LogP contribution in [-0.2, 0) is 14.4 Å². The van der Waals surface area contributed by atoms with E-state index in [4.69, 9.17) is 0 Å². The highest BCUT2D eigenvalue weighted by molar-refractivity contribution is 6.39. The van der Waals surface area contributed by atoms with Crippen molar-refractivity contribution in [3.8, 4) is 0 Å². The molecule has 1 aromatic heterocycles. The maximum absolute atomic E-state index is 12.3. The number of anilines is 1. The van der Waals surface area contributed by atoms with Gasteiger partial charge in [0.2, 0.25) is 5.91 Å². The molecule has 0 aliphatic carbocycles. The first kappa shape index (κ1) is 23.8. The Balaban J connectivity index is 1.39. The number of hydrogen-bond acceptors (Lipinski definition) is 6. The summed E-state index contributed by atoms with van der Waals surface area (Å²) in [4.78, 5) is 52.5. The fourth-order valence-electron chi connectivity index (χ4n) is 3.31. The number of hydrogen-bond donors (Lipinski definition) is 4. The molecule has 2 aromatic rings. The van der Waals surface area contributed by atoms with Crippen LogP contribution in [0.25, 0.3) is 6.08 Å². The summed E-state index contributed by atoms with van der Waals surface area (Å²) in [5.41, 5.74) is 1.50. The Bertz CT molecular complexity index is 999. The fourth-order valence-corrected chi connectivity index (χ4v) is 3.31. The third-order valence-electron chi connectivity index (χ3n) is 5.15. The van der Waals surface area contributed by atoms with Crippen molar-refractivity contribution < 1.29 is 19.2 Å². The lowest BCUT2D eigenvalue weighted by molar-refractivity contribution is -0.136. The Hall–Kier alpha value is -3.85. The third-order valence-corrected chi connectivity index (χ3v) is 5.15. The summed E-state index contributed by atoms with van der Waals surface area (Å²) >= 11 is 0. The van der Waals surface area contributed by atoms with Crippen molar-refractivity contribution in [3.63, 3.8) is 0 Å². The lowest BCUT2D eigenvalue weighted by atomic mass is 9.97. The van der Waals surface area contributed by atoms with Crippen LogP contribution in [0.4, 0.5) is 5.69 Å². The van der Waals surface area contributed by atoms with Gasteiger partial charge >= 0.3 is 11.8 Å².